The minimum absolute atomic E-state index is 0.0424. The van der Waals surface area contributed by atoms with Gasteiger partial charge < -0.3 is 9.64 Å². The first-order chi connectivity index (χ1) is 14.7. The molecule has 31 heavy (non-hydrogen) atoms. The first kappa shape index (κ1) is 21.5. The van der Waals surface area contributed by atoms with Crippen LogP contribution in [0.2, 0.25) is 0 Å². The highest BCUT2D eigenvalue weighted by Gasteiger charge is 2.37. The van der Waals surface area contributed by atoms with Gasteiger partial charge in [0.05, 0.1) is 12.7 Å². The maximum Gasteiger partial charge on any atom is 0.434 e. The number of pyridine rings is 1. The highest BCUT2D eigenvalue weighted by Crippen LogP contribution is 2.33. The Morgan fingerprint density at radius 2 is 1.94 bits per heavy atom. The van der Waals surface area contributed by atoms with Crippen LogP contribution in [0.5, 0.6) is 0 Å². The number of carbonyl (C=O) groups is 1. The molecule has 0 aliphatic carbocycles. The lowest BCUT2D eigenvalue weighted by atomic mass is 10.0. The zero-order valence-electron chi connectivity index (χ0n) is 16.3. The molecule has 0 N–H and O–H groups in total. The van der Waals surface area contributed by atoms with E-state index in [2.05, 4.69) is 20.9 Å². The number of morpholine rings is 1. The van der Waals surface area contributed by atoms with E-state index in [1.165, 1.54) is 6.20 Å². The van der Waals surface area contributed by atoms with Gasteiger partial charge in [-0.3, -0.25) is 14.0 Å². The fraction of sp³-hybridized carbons (Fsp3) is 0.286. The Balaban J connectivity index is 1.75. The van der Waals surface area contributed by atoms with E-state index < -0.39 is 21.9 Å². The third kappa shape index (κ3) is 4.09. The summed E-state index contributed by atoms with van der Waals surface area (Å²) in [5.74, 6) is -0.141. The lowest BCUT2D eigenvalue weighted by Crippen LogP contribution is -2.44. The van der Waals surface area contributed by atoms with Gasteiger partial charge in [0, 0.05) is 30.4 Å². The number of amides is 1. The molecule has 1 saturated heterocycles. The number of rotatable bonds is 2. The van der Waals surface area contributed by atoms with Crippen LogP contribution in [0.1, 0.15) is 23.0 Å². The maximum absolute atomic E-state index is 13.3. The van der Waals surface area contributed by atoms with E-state index >= 15 is 0 Å². The summed E-state index contributed by atoms with van der Waals surface area (Å²) >= 11 is 2.72. The molecule has 4 rings (SSSR count). The normalized spacial score (nSPS) is 17.2. The Morgan fingerprint density at radius 1 is 1.23 bits per heavy atom. The lowest BCUT2D eigenvalue weighted by molar-refractivity contribution is -0.141. The fourth-order valence-corrected chi connectivity index (χ4v) is 4.04. The van der Waals surface area contributed by atoms with Crippen molar-refractivity contribution < 1.29 is 22.7 Å². The van der Waals surface area contributed by atoms with Crippen LogP contribution >= 0.6 is 15.9 Å². The Morgan fingerprint density at radius 3 is 2.58 bits per heavy atom. The van der Waals surface area contributed by atoms with Crippen LogP contribution in [0.3, 0.4) is 0 Å². The molecule has 2 aromatic heterocycles. The van der Waals surface area contributed by atoms with E-state index in [0.29, 0.717) is 36.4 Å². The van der Waals surface area contributed by atoms with Crippen molar-refractivity contribution in [2.24, 2.45) is 0 Å². The van der Waals surface area contributed by atoms with Crippen molar-refractivity contribution in [3.8, 4) is 11.1 Å². The monoisotopic (exact) mass is 495 g/mol. The summed E-state index contributed by atoms with van der Waals surface area (Å²) in [4.78, 5) is 30.6. The molecule has 1 fully saturated rings. The third-order valence-corrected chi connectivity index (χ3v) is 5.75. The predicted octanol–water partition coefficient (Wildman–Crippen LogP) is 4.00. The number of aromatic nitrogens is 2. The second-order valence-electron chi connectivity index (χ2n) is 7.20. The number of ether oxygens (including phenoxy) is 1. The number of fused-ring (bicyclic) bond motifs is 1. The predicted molar refractivity (Wildman–Crippen MR) is 111 cm³/mol. The van der Waals surface area contributed by atoms with Crippen LogP contribution in [-0.4, -0.2) is 46.0 Å². The van der Waals surface area contributed by atoms with E-state index in [1.807, 2.05) is 6.92 Å². The van der Waals surface area contributed by atoms with E-state index in [9.17, 15) is 22.8 Å². The zero-order valence-corrected chi connectivity index (χ0v) is 17.9. The molecule has 10 heteroatoms. The molecule has 0 spiro atoms. The highest BCUT2D eigenvalue weighted by atomic mass is 79.9. The summed E-state index contributed by atoms with van der Waals surface area (Å²) < 4.78 is 45.9. The van der Waals surface area contributed by atoms with E-state index in [4.69, 9.17) is 4.74 Å². The van der Waals surface area contributed by atoms with Crippen molar-refractivity contribution in [2.75, 3.05) is 19.7 Å². The van der Waals surface area contributed by atoms with Crippen molar-refractivity contribution in [1.82, 2.24) is 14.3 Å². The molecule has 1 aliphatic heterocycles. The van der Waals surface area contributed by atoms with Gasteiger partial charge in [0.1, 0.15) is 10.1 Å². The Bertz CT molecular complexity index is 1210. The van der Waals surface area contributed by atoms with Crippen LogP contribution in [-0.2, 0) is 10.9 Å². The summed E-state index contributed by atoms with van der Waals surface area (Å²) in [5, 5.41) is 0. The first-order valence-corrected chi connectivity index (χ1v) is 10.3. The van der Waals surface area contributed by atoms with Crippen molar-refractivity contribution in [2.45, 2.75) is 19.2 Å². The number of carbonyl (C=O) groups excluding carboxylic acids is 1. The van der Waals surface area contributed by atoms with E-state index in [1.54, 1.807) is 41.3 Å². The second kappa shape index (κ2) is 8.08. The molecule has 0 radical (unpaired) electrons. The quantitative estimate of drug-likeness (QED) is 0.538. The molecule has 1 atom stereocenters. The largest absolute Gasteiger partial charge is 0.434 e. The topological polar surface area (TPSA) is 63.9 Å². The second-order valence-corrected chi connectivity index (χ2v) is 8.00. The molecule has 1 aliphatic rings. The van der Waals surface area contributed by atoms with Gasteiger partial charge in [-0.2, -0.15) is 13.2 Å². The smallest absolute Gasteiger partial charge is 0.375 e. The molecule has 0 unspecified atom stereocenters. The van der Waals surface area contributed by atoms with Gasteiger partial charge >= 0.3 is 6.18 Å². The standard InChI is InChI=1S/C21H17BrF3N3O3/c1-12-11-27(9-10-31-12)19(29)14-6-4-13(5-7-14)15-3-2-8-28-18(15)26-17(21(23,24)25)16(22)20(28)30/h2-8,12H,9-11H2,1H3/t12-/m0/s1. The van der Waals surface area contributed by atoms with Crippen LogP contribution in [0.4, 0.5) is 13.2 Å². The molecule has 0 saturated carbocycles. The minimum atomic E-state index is -4.79. The number of hydrogen-bond donors (Lipinski definition) is 0. The number of hydrogen-bond acceptors (Lipinski definition) is 4. The Kier molecular flexibility index (Phi) is 5.61. The van der Waals surface area contributed by atoms with Crippen LogP contribution < -0.4 is 5.56 Å². The molecular weight excluding hydrogens is 479 g/mol. The number of benzene rings is 1. The van der Waals surface area contributed by atoms with Gasteiger partial charge in [-0.25, -0.2) is 4.98 Å². The van der Waals surface area contributed by atoms with Gasteiger partial charge in [-0.15, -0.1) is 0 Å². The van der Waals surface area contributed by atoms with Gasteiger partial charge in [-0.05, 0) is 52.7 Å². The third-order valence-electron chi connectivity index (χ3n) is 5.04. The number of halogens is 4. The van der Waals surface area contributed by atoms with E-state index in [-0.39, 0.29) is 17.7 Å². The molecule has 162 valence electrons. The van der Waals surface area contributed by atoms with Gasteiger partial charge in [0.2, 0.25) is 0 Å². The number of nitrogens with zero attached hydrogens (tertiary/aromatic N) is 3. The molecular formula is C21H17BrF3N3O3. The van der Waals surface area contributed by atoms with Crippen molar-refractivity contribution in [1.29, 1.82) is 0 Å². The van der Waals surface area contributed by atoms with Gasteiger partial charge in [0.15, 0.2) is 5.69 Å². The summed E-state index contributed by atoms with van der Waals surface area (Å²) in [6.07, 6.45) is -3.47. The van der Waals surface area contributed by atoms with Crippen molar-refractivity contribution in [3.05, 3.63) is 68.7 Å². The SMILES string of the molecule is C[C@H]1CN(C(=O)c2ccc(-c3cccn4c(=O)c(Br)c(C(F)(F)F)nc34)cc2)CCO1. The van der Waals surface area contributed by atoms with Gasteiger partial charge in [0.25, 0.3) is 11.5 Å². The molecule has 0 bridgehead atoms. The van der Waals surface area contributed by atoms with E-state index in [0.717, 1.165) is 4.40 Å². The maximum atomic E-state index is 13.3. The molecule has 1 aromatic carbocycles. The Hall–Kier alpha value is -2.72. The van der Waals surface area contributed by atoms with Crippen LogP contribution in [0, 0.1) is 0 Å². The summed E-state index contributed by atoms with van der Waals surface area (Å²) in [7, 11) is 0. The van der Waals surface area contributed by atoms with Gasteiger partial charge in [-0.1, -0.05) is 12.1 Å². The fourth-order valence-electron chi connectivity index (χ4n) is 3.53. The molecule has 3 aromatic rings. The minimum Gasteiger partial charge on any atom is -0.375 e. The van der Waals surface area contributed by atoms with Crippen molar-refractivity contribution >= 4 is 27.5 Å². The molecule has 3 heterocycles. The van der Waals surface area contributed by atoms with Crippen LogP contribution in [0.15, 0.2) is 51.9 Å². The zero-order chi connectivity index (χ0) is 22.3. The summed E-state index contributed by atoms with van der Waals surface area (Å²) in [5.41, 5.74) is -0.916. The van der Waals surface area contributed by atoms with Crippen LogP contribution in [0.25, 0.3) is 16.8 Å². The summed E-state index contributed by atoms with van der Waals surface area (Å²) in [6.45, 7) is 3.35. The molecule has 1 amide bonds. The average molecular weight is 496 g/mol. The Labute approximate surface area is 183 Å². The lowest BCUT2D eigenvalue weighted by Gasteiger charge is -2.31. The number of alkyl halides is 3. The molecule has 6 nitrogen and oxygen atoms in total. The highest BCUT2D eigenvalue weighted by molar-refractivity contribution is 9.10. The average Bonchev–Trinajstić information content (AvgIpc) is 2.74. The van der Waals surface area contributed by atoms with Crippen molar-refractivity contribution in [3.63, 3.8) is 0 Å². The summed E-state index contributed by atoms with van der Waals surface area (Å²) in [6, 6.07) is 9.63. The first-order valence-electron chi connectivity index (χ1n) is 9.46.